The minimum atomic E-state index is -2.93. The number of carbonyl (C=O) groups is 1. The zero-order valence-corrected chi connectivity index (χ0v) is 12.7. The fraction of sp³-hybridized carbons (Fsp3) is 0.533. The van der Waals surface area contributed by atoms with Crippen molar-refractivity contribution in [3.63, 3.8) is 0 Å². The first-order chi connectivity index (χ1) is 9.94. The molecule has 1 unspecified atom stereocenters. The first kappa shape index (κ1) is 14.4. The lowest BCUT2D eigenvalue weighted by atomic mass is 9.98. The standard InChI is InChI=1S/C15H20N2O3S/c16-13-3-4-14-12(9-13)2-1-6-17(14)15(18)8-11-5-7-21(19,20)10-11/h3-4,9,11H,1-2,5-8,10,16H2. The maximum absolute atomic E-state index is 12.5. The van der Waals surface area contributed by atoms with Gasteiger partial charge in [0.05, 0.1) is 11.5 Å². The Balaban J connectivity index is 1.75. The summed E-state index contributed by atoms with van der Waals surface area (Å²) in [4.78, 5) is 14.3. The van der Waals surface area contributed by atoms with Crippen molar-refractivity contribution in [2.24, 2.45) is 5.92 Å². The van der Waals surface area contributed by atoms with Gasteiger partial charge in [0, 0.05) is 24.3 Å². The molecule has 2 aliphatic rings. The van der Waals surface area contributed by atoms with Gasteiger partial charge in [-0.2, -0.15) is 0 Å². The molecule has 0 spiro atoms. The Hall–Kier alpha value is -1.56. The van der Waals surface area contributed by atoms with Crippen LogP contribution in [0.5, 0.6) is 0 Å². The van der Waals surface area contributed by atoms with Crippen molar-refractivity contribution in [1.29, 1.82) is 0 Å². The van der Waals surface area contributed by atoms with Gasteiger partial charge < -0.3 is 10.6 Å². The Bertz CT molecular complexity index is 669. The average molecular weight is 308 g/mol. The molecule has 1 aromatic carbocycles. The quantitative estimate of drug-likeness (QED) is 0.837. The number of nitrogen functional groups attached to an aromatic ring is 1. The molecule has 0 aromatic heterocycles. The number of carbonyl (C=O) groups excluding carboxylic acids is 1. The highest BCUT2D eigenvalue weighted by Crippen LogP contribution is 2.31. The summed E-state index contributed by atoms with van der Waals surface area (Å²) in [6.07, 6.45) is 2.78. The van der Waals surface area contributed by atoms with Crippen LogP contribution in [0.25, 0.3) is 0 Å². The second-order valence-corrected chi connectivity index (χ2v) is 8.24. The van der Waals surface area contributed by atoms with E-state index >= 15 is 0 Å². The average Bonchev–Trinajstić information content (AvgIpc) is 2.76. The summed E-state index contributed by atoms with van der Waals surface area (Å²) in [6.45, 7) is 0.704. The van der Waals surface area contributed by atoms with Gasteiger partial charge in [-0.3, -0.25) is 4.79 Å². The van der Waals surface area contributed by atoms with Gasteiger partial charge in [-0.15, -0.1) is 0 Å². The number of aryl methyl sites for hydroxylation is 1. The normalized spacial score (nSPS) is 23.8. The van der Waals surface area contributed by atoms with Crippen LogP contribution in [-0.2, 0) is 21.1 Å². The van der Waals surface area contributed by atoms with E-state index in [4.69, 9.17) is 5.73 Å². The Labute approximate surface area is 125 Å². The number of rotatable bonds is 2. The summed E-state index contributed by atoms with van der Waals surface area (Å²) in [6, 6.07) is 5.63. The van der Waals surface area contributed by atoms with E-state index in [0.29, 0.717) is 25.1 Å². The van der Waals surface area contributed by atoms with Gasteiger partial charge in [-0.25, -0.2) is 8.42 Å². The number of benzene rings is 1. The number of amides is 1. The molecule has 21 heavy (non-hydrogen) atoms. The summed E-state index contributed by atoms with van der Waals surface area (Å²) in [7, 11) is -2.93. The molecule has 2 aliphatic heterocycles. The van der Waals surface area contributed by atoms with E-state index in [9.17, 15) is 13.2 Å². The smallest absolute Gasteiger partial charge is 0.227 e. The van der Waals surface area contributed by atoms with Crippen LogP contribution < -0.4 is 10.6 Å². The molecule has 1 atom stereocenters. The van der Waals surface area contributed by atoms with E-state index in [1.165, 1.54) is 0 Å². The number of hydrogen-bond acceptors (Lipinski definition) is 4. The summed E-state index contributed by atoms with van der Waals surface area (Å²) < 4.78 is 23.0. The highest BCUT2D eigenvalue weighted by Gasteiger charge is 2.32. The Morgan fingerprint density at radius 3 is 2.90 bits per heavy atom. The minimum absolute atomic E-state index is 0.0262. The van der Waals surface area contributed by atoms with Crippen LogP contribution in [0.2, 0.25) is 0 Å². The van der Waals surface area contributed by atoms with Gasteiger partial charge in [0.25, 0.3) is 0 Å². The van der Waals surface area contributed by atoms with Crippen LogP contribution in [-0.4, -0.2) is 32.4 Å². The zero-order chi connectivity index (χ0) is 15.0. The minimum Gasteiger partial charge on any atom is -0.399 e. The molecule has 0 radical (unpaired) electrons. The molecular weight excluding hydrogens is 288 g/mol. The van der Waals surface area contributed by atoms with Gasteiger partial charge in [0.1, 0.15) is 0 Å². The van der Waals surface area contributed by atoms with Crippen molar-refractivity contribution in [3.05, 3.63) is 23.8 Å². The molecule has 6 heteroatoms. The van der Waals surface area contributed by atoms with Crippen LogP contribution in [0.15, 0.2) is 18.2 Å². The van der Waals surface area contributed by atoms with Crippen molar-refractivity contribution in [1.82, 2.24) is 0 Å². The topological polar surface area (TPSA) is 80.5 Å². The lowest BCUT2D eigenvalue weighted by Gasteiger charge is -2.30. The first-order valence-corrected chi connectivity index (χ1v) is 9.16. The molecule has 1 amide bonds. The van der Waals surface area contributed by atoms with Crippen molar-refractivity contribution in [2.45, 2.75) is 25.7 Å². The molecule has 1 fully saturated rings. The molecule has 1 saturated heterocycles. The van der Waals surface area contributed by atoms with Crippen molar-refractivity contribution in [3.8, 4) is 0 Å². The Morgan fingerprint density at radius 1 is 1.38 bits per heavy atom. The fourth-order valence-corrected chi connectivity index (χ4v) is 5.13. The maximum Gasteiger partial charge on any atom is 0.227 e. The highest BCUT2D eigenvalue weighted by molar-refractivity contribution is 7.91. The van der Waals surface area contributed by atoms with Crippen molar-refractivity contribution < 1.29 is 13.2 Å². The van der Waals surface area contributed by atoms with E-state index in [-0.39, 0.29) is 23.3 Å². The summed E-state index contributed by atoms with van der Waals surface area (Å²) in [5, 5.41) is 0. The van der Waals surface area contributed by atoms with Crippen LogP contribution in [0, 0.1) is 5.92 Å². The first-order valence-electron chi connectivity index (χ1n) is 7.34. The maximum atomic E-state index is 12.5. The second-order valence-electron chi connectivity index (χ2n) is 6.01. The fourth-order valence-electron chi connectivity index (χ4n) is 3.27. The van der Waals surface area contributed by atoms with Crippen LogP contribution >= 0.6 is 0 Å². The molecule has 114 valence electrons. The molecule has 5 nitrogen and oxygen atoms in total. The van der Waals surface area contributed by atoms with Gasteiger partial charge in [-0.1, -0.05) is 0 Å². The van der Waals surface area contributed by atoms with Crippen LogP contribution in [0.1, 0.15) is 24.8 Å². The predicted octanol–water partition coefficient (Wildman–Crippen LogP) is 1.37. The highest BCUT2D eigenvalue weighted by atomic mass is 32.2. The largest absolute Gasteiger partial charge is 0.399 e. The number of nitrogens with two attached hydrogens (primary N) is 1. The molecule has 2 N–H and O–H groups in total. The number of fused-ring (bicyclic) bond motifs is 1. The van der Waals surface area contributed by atoms with Gasteiger partial charge in [-0.05, 0) is 48.9 Å². The second kappa shape index (κ2) is 5.33. The Kier molecular flexibility index (Phi) is 3.65. The summed E-state index contributed by atoms with van der Waals surface area (Å²) in [5.74, 6) is 0.378. The summed E-state index contributed by atoms with van der Waals surface area (Å²) >= 11 is 0. The SMILES string of the molecule is Nc1ccc2c(c1)CCCN2C(=O)CC1CCS(=O)(=O)C1. The molecule has 3 rings (SSSR count). The van der Waals surface area contributed by atoms with E-state index in [2.05, 4.69) is 0 Å². The summed E-state index contributed by atoms with van der Waals surface area (Å²) in [5.41, 5.74) is 8.55. The van der Waals surface area contributed by atoms with Gasteiger partial charge in [0.15, 0.2) is 9.84 Å². The van der Waals surface area contributed by atoms with Crippen molar-refractivity contribution >= 4 is 27.1 Å². The van der Waals surface area contributed by atoms with E-state index < -0.39 is 9.84 Å². The van der Waals surface area contributed by atoms with Crippen molar-refractivity contribution in [2.75, 3.05) is 28.7 Å². The molecule has 2 heterocycles. The van der Waals surface area contributed by atoms with Gasteiger partial charge >= 0.3 is 0 Å². The molecule has 1 aromatic rings. The van der Waals surface area contributed by atoms with Crippen LogP contribution in [0.4, 0.5) is 11.4 Å². The van der Waals surface area contributed by atoms with Crippen LogP contribution in [0.3, 0.4) is 0 Å². The zero-order valence-electron chi connectivity index (χ0n) is 11.9. The third-order valence-electron chi connectivity index (χ3n) is 4.31. The third kappa shape index (κ3) is 3.05. The molecule has 0 saturated carbocycles. The molecule has 0 bridgehead atoms. The number of sulfone groups is 1. The van der Waals surface area contributed by atoms with E-state index in [0.717, 1.165) is 24.1 Å². The predicted molar refractivity (Wildman–Crippen MR) is 82.9 cm³/mol. The third-order valence-corrected chi connectivity index (χ3v) is 6.15. The number of hydrogen-bond donors (Lipinski definition) is 1. The lowest BCUT2D eigenvalue weighted by molar-refractivity contribution is -0.119. The molecular formula is C15H20N2O3S. The number of nitrogens with zero attached hydrogens (tertiary/aromatic N) is 1. The monoisotopic (exact) mass is 308 g/mol. The number of anilines is 2. The van der Waals surface area contributed by atoms with E-state index in [1.54, 1.807) is 4.90 Å². The molecule has 0 aliphatic carbocycles. The van der Waals surface area contributed by atoms with Gasteiger partial charge in [0.2, 0.25) is 5.91 Å². The lowest BCUT2D eigenvalue weighted by Crippen LogP contribution is -2.36. The Morgan fingerprint density at radius 2 is 2.19 bits per heavy atom. The van der Waals surface area contributed by atoms with E-state index in [1.807, 2.05) is 18.2 Å².